The van der Waals surface area contributed by atoms with Crippen LogP contribution in [0.1, 0.15) is 22.8 Å². The molecule has 1 amide bonds. The number of amides is 1. The first-order valence-electron chi connectivity index (χ1n) is 12.2. The zero-order valence-electron chi connectivity index (χ0n) is 20.7. The number of nitrogens with one attached hydrogen (secondary N) is 2. The van der Waals surface area contributed by atoms with E-state index in [1.807, 2.05) is 18.3 Å². The minimum atomic E-state index is -1.27. The zero-order chi connectivity index (χ0) is 26.6. The Morgan fingerprint density at radius 3 is 2.61 bits per heavy atom. The van der Waals surface area contributed by atoms with Crippen LogP contribution in [0.15, 0.2) is 66.9 Å². The zero-order valence-corrected chi connectivity index (χ0v) is 20.7. The Balaban J connectivity index is 1.56. The van der Waals surface area contributed by atoms with Gasteiger partial charge in [-0.25, -0.2) is 0 Å². The topological polar surface area (TPSA) is 133 Å². The summed E-state index contributed by atoms with van der Waals surface area (Å²) in [6.45, 7) is -0.0357. The van der Waals surface area contributed by atoms with E-state index in [0.29, 0.717) is 30.0 Å². The fourth-order valence-electron chi connectivity index (χ4n) is 4.36. The van der Waals surface area contributed by atoms with Crippen molar-refractivity contribution in [3.63, 3.8) is 0 Å². The highest BCUT2D eigenvalue weighted by Gasteiger charge is 2.26. The van der Waals surface area contributed by atoms with E-state index in [9.17, 15) is 20.1 Å². The molecule has 9 nitrogen and oxygen atoms in total. The number of hydrogen-bond acceptors (Lipinski definition) is 7. The van der Waals surface area contributed by atoms with Gasteiger partial charge in [0, 0.05) is 29.7 Å². The Hall–Kier alpha value is -4.47. The molecule has 0 saturated heterocycles. The molecule has 1 aromatic heterocycles. The lowest BCUT2D eigenvalue weighted by Gasteiger charge is -2.24. The largest absolute Gasteiger partial charge is 0.502 e. The second-order valence-electron chi connectivity index (χ2n) is 8.92. The predicted molar refractivity (Wildman–Crippen MR) is 142 cm³/mol. The van der Waals surface area contributed by atoms with Crippen LogP contribution in [0.3, 0.4) is 0 Å². The van der Waals surface area contributed by atoms with E-state index in [1.54, 1.807) is 36.4 Å². The number of carbonyl (C=O) groups excluding carboxylic acids is 1. The molecule has 0 saturated carbocycles. The van der Waals surface area contributed by atoms with Crippen molar-refractivity contribution in [2.75, 3.05) is 20.3 Å². The van der Waals surface area contributed by atoms with Crippen LogP contribution in [0.5, 0.6) is 28.7 Å². The van der Waals surface area contributed by atoms with Gasteiger partial charge in [-0.15, -0.1) is 0 Å². The van der Waals surface area contributed by atoms with Crippen LogP contribution in [0.4, 0.5) is 0 Å². The van der Waals surface area contributed by atoms with Gasteiger partial charge in [-0.1, -0.05) is 12.1 Å². The number of methoxy groups -OCH3 is 1. The van der Waals surface area contributed by atoms with Crippen molar-refractivity contribution in [1.82, 2.24) is 10.3 Å². The number of rotatable bonds is 2. The van der Waals surface area contributed by atoms with Crippen LogP contribution >= 0.6 is 0 Å². The maximum absolute atomic E-state index is 12.3. The minimum Gasteiger partial charge on any atom is -0.502 e. The summed E-state index contributed by atoms with van der Waals surface area (Å²) in [4.78, 5) is 15.5. The van der Waals surface area contributed by atoms with E-state index < -0.39 is 18.8 Å². The molecule has 196 valence electrons. The fraction of sp³-hybridized carbons (Fsp3) is 0.207. The third-order valence-electron chi connectivity index (χ3n) is 6.41. The molecule has 0 aliphatic carbocycles. The number of ether oxygens (including phenoxy) is 3. The second-order valence-corrected chi connectivity index (χ2v) is 8.92. The summed E-state index contributed by atoms with van der Waals surface area (Å²) in [5.74, 6) is 0.573. The monoisotopic (exact) mass is 516 g/mol. The molecule has 3 aromatic carbocycles. The molecule has 0 fully saturated rings. The van der Waals surface area contributed by atoms with Gasteiger partial charge in [0.2, 0.25) is 11.7 Å². The molecule has 2 atom stereocenters. The van der Waals surface area contributed by atoms with Crippen molar-refractivity contribution in [2.24, 2.45) is 0 Å². The molecule has 0 spiro atoms. The Morgan fingerprint density at radius 1 is 1.05 bits per heavy atom. The number of aromatic hydroxyl groups is 1. The summed E-state index contributed by atoms with van der Waals surface area (Å²) in [5, 5.41) is 35.7. The van der Waals surface area contributed by atoms with Gasteiger partial charge in [-0.05, 0) is 71.7 Å². The molecule has 9 heteroatoms. The van der Waals surface area contributed by atoms with Gasteiger partial charge in [0.25, 0.3) is 0 Å². The van der Waals surface area contributed by atoms with E-state index in [0.717, 1.165) is 22.0 Å². The lowest BCUT2D eigenvalue weighted by molar-refractivity contribution is -0.116. The number of phenols is 1. The third kappa shape index (κ3) is 5.29. The van der Waals surface area contributed by atoms with E-state index in [2.05, 4.69) is 10.3 Å². The van der Waals surface area contributed by atoms with E-state index in [1.165, 1.54) is 25.3 Å². The van der Waals surface area contributed by atoms with Gasteiger partial charge in [0.05, 0.1) is 13.7 Å². The van der Waals surface area contributed by atoms with Crippen LogP contribution in [0, 0.1) is 0 Å². The summed E-state index contributed by atoms with van der Waals surface area (Å²) in [7, 11) is 1.39. The number of aromatic nitrogens is 1. The van der Waals surface area contributed by atoms with E-state index in [-0.39, 0.29) is 23.2 Å². The Labute approximate surface area is 218 Å². The molecule has 0 radical (unpaired) electrons. The van der Waals surface area contributed by atoms with Gasteiger partial charge < -0.3 is 39.8 Å². The van der Waals surface area contributed by atoms with Gasteiger partial charge >= 0.3 is 0 Å². The van der Waals surface area contributed by atoms with Gasteiger partial charge in [0.1, 0.15) is 17.6 Å². The van der Waals surface area contributed by atoms with Crippen LogP contribution < -0.4 is 19.5 Å². The highest BCUT2D eigenvalue weighted by atomic mass is 16.5. The molecule has 4 aromatic rings. The van der Waals surface area contributed by atoms with E-state index in [4.69, 9.17) is 14.2 Å². The SMILES string of the molecule is COc1cc2cc(c1O)Oc1ccc(cc1)/C=C/C(=O)NCCc1c[nH]c3ccc(cc13)O[C@H](CO)[C@H]2O. The number of aliphatic hydroxyl groups is 2. The number of hydrogen-bond donors (Lipinski definition) is 5. The second kappa shape index (κ2) is 10.9. The Morgan fingerprint density at radius 2 is 1.84 bits per heavy atom. The maximum Gasteiger partial charge on any atom is 0.244 e. The molecule has 2 aliphatic rings. The van der Waals surface area contributed by atoms with Crippen molar-refractivity contribution in [3.8, 4) is 28.7 Å². The summed E-state index contributed by atoms with van der Waals surface area (Å²) >= 11 is 0. The standard InChI is InChI=1S/C29H28N2O7/c1-36-24-12-19-13-25(29(24)35)37-20-5-2-17(3-6-20)4-9-27(33)30-11-10-18-15-31-23-8-7-21(14-22(18)23)38-26(16-32)28(19)34/h2-9,12-15,26,28,31-32,34-35H,10-11,16H2,1H3,(H,30,33)/b9-4+/t26-,28+/m1/s1. The molecule has 3 heterocycles. The lowest BCUT2D eigenvalue weighted by Crippen LogP contribution is -2.29. The van der Waals surface area contributed by atoms with Crippen molar-refractivity contribution >= 4 is 22.9 Å². The van der Waals surface area contributed by atoms with Crippen LogP contribution in [0.25, 0.3) is 17.0 Å². The summed E-state index contributed by atoms with van der Waals surface area (Å²) in [6, 6.07) is 15.3. The number of fused-ring (bicyclic) bond motifs is 8. The summed E-state index contributed by atoms with van der Waals surface area (Å²) in [5.41, 5.74) is 3.00. The minimum absolute atomic E-state index is 0.0574. The van der Waals surface area contributed by atoms with Crippen molar-refractivity contribution in [3.05, 3.63) is 83.6 Å². The first kappa shape index (κ1) is 25.2. The van der Waals surface area contributed by atoms with Gasteiger partial charge in [-0.2, -0.15) is 0 Å². The average molecular weight is 517 g/mol. The Bertz CT molecular complexity index is 1480. The quantitative estimate of drug-likeness (QED) is 0.273. The van der Waals surface area contributed by atoms with E-state index >= 15 is 0 Å². The van der Waals surface area contributed by atoms with Gasteiger partial charge in [0.15, 0.2) is 17.6 Å². The molecule has 6 rings (SSSR count). The molecule has 0 unspecified atom stereocenters. The molecule has 38 heavy (non-hydrogen) atoms. The number of aromatic amines is 1. The molecule has 6 bridgehead atoms. The van der Waals surface area contributed by atoms with Crippen molar-refractivity contribution < 1.29 is 34.3 Å². The third-order valence-corrected chi connectivity index (χ3v) is 6.41. The number of H-pyrrole nitrogens is 1. The number of benzene rings is 3. The van der Waals surface area contributed by atoms with Crippen molar-refractivity contribution in [1.29, 1.82) is 0 Å². The molecule has 5 N–H and O–H groups in total. The molecule has 2 aliphatic heterocycles. The highest BCUT2D eigenvalue weighted by molar-refractivity contribution is 5.91. The maximum atomic E-state index is 12.3. The normalized spacial score (nSPS) is 18.8. The first-order valence-corrected chi connectivity index (χ1v) is 12.2. The first-order chi connectivity index (χ1) is 18.4. The lowest BCUT2D eigenvalue weighted by atomic mass is 10.0. The smallest absolute Gasteiger partial charge is 0.244 e. The highest BCUT2D eigenvalue weighted by Crippen LogP contribution is 2.42. The Kier molecular flexibility index (Phi) is 7.21. The summed E-state index contributed by atoms with van der Waals surface area (Å²) < 4.78 is 17.2. The van der Waals surface area contributed by atoms with Crippen LogP contribution in [-0.2, 0) is 11.2 Å². The number of aliphatic hydroxyl groups excluding tert-OH is 2. The number of carbonyl (C=O) groups is 1. The van der Waals surface area contributed by atoms with Crippen molar-refractivity contribution in [2.45, 2.75) is 18.6 Å². The number of phenolic OH excluding ortho intramolecular Hbond substituents is 1. The molecular weight excluding hydrogens is 488 g/mol. The predicted octanol–water partition coefficient (Wildman–Crippen LogP) is 3.83. The fourth-order valence-corrected chi connectivity index (χ4v) is 4.36. The average Bonchev–Trinajstić information content (AvgIpc) is 3.33. The van der Waals surface area contributed by atoms with Crippen LogP contribution in [0.2, 0.25) is 0 Å². The van der Waals surface area contributed by atoms with Gasteiger partial charge in [-0.3, -0.25) is 4.79 Å². The van der Waals surface area contributed by atoms with Crippen LogP contribution in [-0.4, -0.2) is 52.6 Å². The molecular formula is C29H28N2O7. The summed E-state index contributed by atoms with van der Waals surface area (Å²) in [6.07, 6.45) is 3.36.